The number of anilines is 1. The van der Waals surface area contributed by atoms with Gasteiger partial charge < -0.3 is 5.73 Å². The molecule has 2 rings (SSSR count). The first kappa shape index (κ1) is 8.06. The van der Waals surface area contributed by atoms with Gasteiger partial charge in [-0.05, 0) is 22.6 Å². The molecule has 62 valence electrons. The lowest BCUT2D eigenvalue weighted by Crippen LogP contribution is -1.98. The van der Waals surface area contributed by atoms with Crippen molar-refractivity contribution in [2.75, 3.05) is 5.73 Å². The average molecular weight is 294 g/mol. The molecule has 0 aliphatic heterocycles. The van der Waals surface area contributed by atoms with Crippen molar-refractivity contribution < 1.29 is 0 Å². The average Bonchev–Trinajstić information content (AvgIpc) is 2.41. The van der Waals surface area contributed by atoms with E-state index >= 15 is 0 Å². The van der Waals surface area contributed by atoms with Gasteiger partial charge in [0.2, 0.25) is 0 Å². The van der Waals surface area contributed by atoms with Crippen LogP contribution < -0.4 is 5.73 Å². The van der Waals surface area contributed by atoms with Crippen LogP contribution in [-0.4, -0.2) is 14.6 Å². The molecule has 0 fully saturated rings. The van der Waals surface area contributed by atoms with Crippen molar-refractivity contribution in [2.45, 2.75) is 0 Å². The first-order chi connectivity index (χ1) is 5.70. The zero-order valence-electron chi connectivity index (χ0n) is 5.83. The van der Waals surface area contributed by atoms with Gasteiger partial charge in [-0.2, -0.15) is 5.10 Å². The van der Waals surface area contributed by atoms with Crippen LogP contribution in [0.3, 0.4) is 0 Å². The Labute approximate surface area is 86.9 Å². The molecule has 0 aromatic carbocycles. The molecule has 0 aliphatic rings. The van der Waals surface area contributed by atoms with E-state index in [1.807, 2.05) is 0 Å². The van der Waals surface area contributed by atoms with Gasteiger partial charge in [0.25, 0.3) is 0 Å². The molecule has 12 heavy (non-hydrogen) atoms. The normalized spacial score (nSPS) is 10.8. The van der Waals surface area contributed by atoms with Crippen molar-refractivity contribution in [1.29, 1.82) is 0 Å². The lowest BCUT2D eigenvalue weighted by atomic mass is 10.5. The Morgan fingerprint density at radius 2 is 2.25 bits per heavy atom. The van der Waals surface area contributed by atoms with Crippen molar-refractivity contribution in [3.8, 4) is 0 Å². The third kappa shape index (κ3) is 1.04. The summed E-state index contributed by atoms with van der Waals surface area (Å²) in [5, 5.41) is 4.47. The highest BCUT2D eigenvalue weighted by Gasteiger charge is 2.07. The minimum atomic E-state index is 0.435. The highest BCUT2D eigenvalue weighted by molar-refractivity contribution is 14.1. The van der Waals surface area contributed by atoms with Crippen LogP contribution in [0.25, 0.3) is 5.65 Å². The Hall–Kier alpha value is -0.560. The van der Waals surface area contributed by atoms with Gasteiger partial charge in [0.1, 0.15) is 3.70 Å². The van der Waals surface area contributed by atoms with Crippen molar-refractivity contribution >= 4 is 45.5 Å². The van der Waals surface area contributed by atoms with E-state index in [0.29, 0.717) is 16.4 Å². The van der Waals surface area contributed by atoms with Crippen molar-refractivity contribution in [3.63, 3.8) is 0 Å². The van der Waals surface area contributed by atoms with Gasteiger partial charge in [-0.1, -0.05) is 11.6 Å². The number of aromatic nitrogens is 3. The number of hydrogen-bond donors (Lipinski definition) is 1. The van der Waals surface area contributed by atoms with E-state index in [2.05, 4.69) is 32.7 Å². The van der Waals surface area contributed by atoms with E-state index in [1.54, 1.807) is 10.7 Å². The molecule has 0 amide bonds. The zero-order chi connectivity index (χ0) is 8.72. The van der Waals surface area contributed by atoms with Crippen LogP contribution in [0.2, 0.25) is 5.02 Å². The minimum Gasteiger partial charge on any atom is -0.394 e. The monoisotopic (exact) mass is 294 g/mol. The number of rotatable bonds is 0. The molecule has 2 heterocycles. The summed E-state index contributed by atoms with van der Waals surface area (Å²) in [4.78, 5) is 4.06. The van der Waals surface area contributed by atoms with Gasteiger partial charge >= 0.3 is 0 Å². The zero-order valence-corrected chi connectivity index (χ0v) is 8.74. The summed E-state index contributed by atoms with van der Waals surface area (Å²) in [5.41, 5.74) is 6.74. The first-order valence-electron chi connectivity index (χ1n) is 3.13. The molecule has 0 saturated heterocycles. The molecular weight excluding hydrogens is 290 g/mol. The molecule has 0 saturated carbocycles. The van der Waals surface area contributed by atoms with Crippen molar-refractivity contribution in [1.82, 2.24) is 14.6 Å². The molecule has 6 heteroatoms. The van der Waals surface area contributed by atoms with Crippen LogP contribution in [0.15, 0.2) is 12.4 Å². The standard InChI is InChI=1S/C6H4ClIN4/c7-3-1-11-12-4(8)2-10-6(12)5(3)9/h1-2H,9H2. The van der Waals surface area contributed by atoms with Crippen LogP contribution >= 0.6 is 34.2 Å². The number of nitrogens with two attached hydrogens (primary N) is 1. The third-order valence-electron chi connectivity index (χ3n) is 1.48. The highest BCUT2D eigenvalue weighted by atomic mass is 127. The van der Waals surface area contributed by atoms with Gasteiger partial charge in [-0.15, -0.1) is 0 Å². The second-order valence-electron chi connectivity index (χ2n) is 2.22. The summed E-state index contributed by atoms with van der Waals surface area (Å²) < 4.78 is 2.55. The third-order valence-corrected chi connectivity index (χ3v) is 2.52. The lowest BCUT2D eigenvalue weighted by molar-refractivity contribution is 0.916. The first-order valence-corrected chi connectivity index (χ1v) is 4.59. The van der Waals surface area contributed by atoms with E-state index in [-0.39, 0.29) is 0 Å². The Bertz CT molecular complexity index is 438. The predicted octanol–water partition coefficient (Wildman–Crippen LogP) is 1.57. The summed E-state index contributed by atoms with van der Waals surface area (Å²) in [6.07, 6.45) is 3.20. The van der Waals surface area contributed by atoms with Crippen LogP contribution in [0.1, 0.15) is 0 Å². The molecule has 4 nitrogen and oxygen atoms in total. The SMILES string of the molecule is Nc1c(Cl)cnn2c(I)cnc12. The number of hydrogen-bond acceptors (Lipinski definition) is 3. The van der Waals surface area contributed by atoms with Crippen LogP contribution in [0.5, 0.6) is 0 Å². The summed E-state index contributed by atoms with van der Waals surface area (Å²) in [7, 11) is 0. The maximum Gasteiger partial charge on any atom is 0.179 e. The highest BCUT2D eigenvalue weighted by Crippen LogP contribution is 2.21. The van der Waals surface area contributed by atoms with Gasteiger partial charge in [0.15, 0.2) is 5.65 Å². The molecule has 0 atom stereocenters. The Morgan fingerprint density at radius 1 is 1.50 bits per heavy atom. The second kappa shape index (κ2) is 2.74. The number of nitrogen functional groups attached to an aromatic ring is 1. The minimum absolute atomic E-state index is 0.435. The van der Waals surface area contributed by atoms with E-state index in [4.69, 9.17) is 17.3 Å². The van der Waals surface area contributed by atoms with Crippen LogP contribution in [0.4, 0.5) is 5.69 Å². The van der Waals surface area contributed by atoms with Crippen LogP contribution in [-0.2, 0) is 0 Å². The summed E-state index contributed by atoms with van der Waals surface area (Å²) in [6, 6.07) is 0. The molecule has 0 aliphatic carbocycles. The largest absolute Gasteiger partial charge is 0.394 e. The fraction of sp³-hybridized carbons (Fsp3) is 0. The number of nitrogens with zero attached hydrogens (tertiary/aromatic N) is 3. The Balaban J connectivity index is 2.93. The van der Waals surface area contributed by atoms with E-state index in [0.717, 1.165) is 3.70 Å². The molecular formula is C6H4ClIN4. The topological polar surface area (TPSA) is 56.2 Å². The Morgan fingerprint density at radius 3 is 3.00 bits per heavy atom. The van der Waals surface area contributed by atoms with E-state index in [1.165, 1.54) is 6.20 Å². The quantitative estimate of drug-likeness (QED) is 0.750. The lowest BCUT2D eigenvalue weighted by Gasteiger charge is -1.98. The number of imidazole rings is 1. The molecule has 0 spiro atoms. The maximum atomic E-state index is 5.75. The van der Waals surface area contributed by atoms with Gasteiger partial charge in [0, 0.05) is 0 Å². The molecule has 0 radical (unpaired) electrons. The predicted molar refractivity (Wildman–Crippen MR) is 55.1 cm³/mol. The molecule has 0 bridgehead atoms. The number of halogens is 2. The molecule has 0 unspecified atom stereocenters. The van der Waals surface area contributed by atoms with Crippen molar-refractivity contribution in [2.24, 2.45) is 0 Å². The fourth-order valence-corrected chi connectivity index (χ4v) is 1.52. The Kier molecular flexibility index (Phi) is 1.84. The molecule has 2 aromatic rings. The van der Waals surface area contributed by atoms with Crippen LogP contribution in [0, 0.1) is 3.70 Å². The van der Waals surface area contributed by atoms with Gasteiger partial charge in [-0.25, -0.2) is 9.50 Å². The summed E-state index contributed by atoms with van der Waals surface area (Å²) in [6.45, 7) is 0. The van der Waals surface area contributed by atoms with Gasteiger partial charge in [-0.3, -0.25) is 0 Å². The molecule has 2 aromatic heterocycles. The van der Waals surface area contributed by atoms with E-state index < -0.39 is 0 Å². The summed E-state index contributed by atoms with van der Waals surface area (Å²) in [5.74, 6) is 0. The maximum absolute atomic E-state index is 5.75. The fourth-order valence-electron chi connectivity index (χ4n) is 0.903. The van der Waals surface area contributed by atoms with Crippen molar-refractivity contribution in [3.05, 3.63) is 21.1 Å². The van der Waals surface area contributed by atoms with Gasteiger partial charge in [0.05, 0.1) is 23.1 Å². The summed E-state index contributed by atoms with van der Waals surface area (Å²) >= 11 is 7.87. The molecule has 2 N–H and O–H groups in total. The smallest absolute Gasteiger partial charge is 0.179 e. The second-order valence-corrected chi connectivity index (χ2v) is 3.73. The van der Waals surface area contributed by atoms with E-state index in [9.17, 15) is 0 Å². The number of fused-ring (bicyclic) bond motifs is 1.